The smallest absolute Gasteiger partial charge is 0.323 e. The summed E-state index contributed by atoms with van der Waals surface area (Å²) in [5.41, 5.74) is 0. The van der Waals surface area contributed by atoms with Gasteiger partial charge in [0.15, 0.2) is 0 Å². The second kappa shape index (κ2) is 7.39. The zero-order valence-corrected chi connectivity index (χ0v) is 10.1. The van der Waals surface area contributed by atoms with Gasteiger partial charge in [0.1, 0.15) is 6.54 Å². The fourth-order valence-corrected chi connectivity index (χ4v) is 1.53. The van der Waals surface area contributed by atoms with Crippen LogP contribution in [0.5, 0.6) is 0 Å². The van der Waals surface area contributed by atoms with Crippen LogP contribution < -0.4 is 5.32 Å². The van der Waals surface area contributed by atoms with Crippen molar-refractivity contribution in [2.45, 2.75) is 19.4 Å². The molecule has 0 spiro atoms. The quantitative estimate of drug-likeness (QED) is 0.715. The molecule has 0 rings (SSSR count). The Labute approximate surface area is 94.2 Å². The number of thioether (sulfide) groups is 1. The molecule has 6 heteroatoms. The van der Waals surface area contributed by atoms with E-state index >= 15 is 0 Å². The molecule has 1 atom stereocenters. The Balaban J connectivity index is 3.90. The lowest BCUT2D eigenvalue weighted by molar-refractivity contribution is -0.135. The Hall–Kier alpha value is -0.910. The van der Waals surface area contributed by atoms with Crippen LogP contribution in [0.4, 0.5) is 4.79 Å². The van der Waals surface area contributed by atoms with E-state index in [0.29, 0.717) is 0 Å². The summed E-state index contributed by atoms with van der Waals surface area (Å²) in [4.78, 5) is 23.2. The highest BCUT2D eigenvalue weighted by molar-refractivity contribution is 7.98. The lowest BCUT2D eigenvalue weighted by Crippen LogP contribution is -2.44. The molecule has 0 aromatic heterocycles. The highest BCUT2D eigenvalue weighted by Crippen LogP contribution is 2.05. The Morgan fingerprint density at radius 2 is 2.13 bits per heavy atom. The summed E-state index contributed by atoms with van der Waals surface area (Å²) in [6.07, 6.45) is 2.91. The van der Waals surface area contributed by atoms with E-state index in [9.17, 15) is 9.59 Å². The van der Waals surface area contributed by atoms with E-state index in [1.165, 1.54) is 4.90 Å². The molecule has 88 valence electrons. The minimum Gasteiger partial charge on any atom is -0.480 e. The summed E-state index contributed by atoms with van der Waals surface area (Å²) in [5, 5.41) is 10.7. The number of carboxylic acids is 1. The maximum atomic E-state index is 11.4. The van der Waals surface area contributed by atoms with Crippen molar-refractivity contribution in [1.29, 1.82) is 0 Å². The molecule has 1 unspecified atom stereocenters. The summed E-state index contributed by atoms with van der Waals surface area (Å²) in [6.45, 7) is 1.61. The van der Waals surface area contributed by atoms with Crippen LogP contribution in [0.25, 0.3) is 0 Å². The topological polar surface area (TPSA) is 69.6 Å². The predicted molar refractivity (Wildman–Crippen MR) is 61.3 cm³/mol. The van der Waals surface area contributed by atoms with Gasteiger partial charge in [-0.05, 0) is 25.4 Å². The van der Waals surface area contributed by atoms with Gasteiger partial charge >= 0.3 is 12.0 Å². The van der Waals surface area contributed by atoms with Crippen LogP contribution >= 0.6 is 11.8 Å². The molecule has 0 aliphatic heterocycles. The number of aliphatic carboxylic acids is 1. The van der Waals surface area contributed by atoms with Crippen molar-refractivity contribution in [2.24, 2.45) is 0 Å². The molecule has 2 N–H and O–H groups in total. The standard InChI is InChI=1S/C9H18N2O3S/c1-7(4-5-15-3)11(2)9(14)10-6-8(12)13/h7H,4-6H2,1-3H3,(H,10,14)(H,12,13). The number of hydrogen-bond donors (Lipinski definition) is 2. The molecular weight excluding hydrogens is 216 g/mol. The SMILES string of the molecule is CSCCC(C)N(C)C(=O)NCC(=O)O. The predicted octanol–water partition coefficient (Wildman–Crippen LogP) is 0.854. The lowest BCUT2D eigenvalue weighted by atomic mass is 10.2. The maximum absolute atomic E-state index is 11.4. The average Bonchev–Trinajstić information content (AvgIpc) is 2.21. The molecule has 0 heterocycles. The second-order valence-electron chi connectivity index (χ2n) is 3.29. The fourth-order valence-electron chi connectivity index (χ4n) is 0.958. The van der Waals surface area contributed by atoms with Gasteiger partial charge in [-0.2, -0.15) is 11.8 Å². The Morgan fingerprint density at radius 1 is 1.53 bits per heavy atom. The first-order chi connectivity index (χ1) is 6.99. The van der Waals surface area contributed by atoms with E-state index in [-0.39, 0.29) is 18.6 Å². The van der Waals surface area contributed by atoms with Crippen LogP contribution in [0, 0.1) is 0 Å². The summed E-state index contributed by atoms with van der Waals surface area (Å²) in [6, 6.07) is -0.225. The van der Waals surface area contributed by atoms with Crippen molar-refractivity contribution in [3.8, 4) is 0 Å². The van der Waals surface area contributed by atoms with E-state index in [0.717, 1.165) is 12.2 Å². The van der Waals surface area contributed by atoms with Gasteiger partial charge in [-0.15, -0.1) is 0 Å². The monoisotopic (exact) mass is 234 g/mol. The number of carbonyl (C=O) groups is 2. The summed E-state index contributed by atoms with van der Waals surface area (Å²) in [7, 11) is 1.67. The van der Waals surface area contributed by atoms with Crippen LogP contribution in [-0.4, -0.2) is 53.6 Å². The number of hydrogen-bond acceptors (Lipinski definition) is 3. The van der Waals surface area contributed by atoms with Crippen molar-refractivity contribution < 1.29 is 14.7 Å². The van der Waals surface area contributed by atoms with Crippen molar-refractivity contribution in [3.05, 3.63) is 0 Å². The molecule has 15 heavy (non-hydrogen) atoms. The average molecular weight is 234 g/mol. The van der Waals surface area contributed by atoms with Crippen molar-refractivity contribution in [3.63, 3.8) is 0 Å². The second-order valence-corrected chi connectivity index (χ2v) is 4.28. The molecule has 0 aliphatic rings. The molecule has 0 fully saturated rings. The van der Waals surface area contributed by atoms with Crippen LogP contribution in [0.1, 0.15) is 13.3 Å². The van der Waals surface area contributed by atoms with Crippen LogP contribution in [-0.2, 0) is 4.79 Å². The molecule has 0 aromatic rings. The Morgan fingerprint density at radius 3 is 2.60 bits per heavy atom. The van der Waals surface area contributed by atoms with E-state index in [2.05, 4.69) is 5.32 Å². The summed E-state index contributed by atoms with van der Waals surface area (Å²) < 4.78 is 0. The molecule has 0 saturated carbocycles. The number of carboxylic acid groups (broad SMARTS) is 1. The van der Waals surface area contributed by atoms with Crippen LogP contribution in [0.2, 0.25) is 0 Å². The highest BCUT2D eigenvalue weighted by atomic mass is 32.2. The zero-order chi connectivity index (χ0) is 11.8. The molecular formula is C9H18N2O3S. The van der Waals surface area contributed by atoms with Crippen molar-refractivity contribution >= 4 is 23.8 Å². The molecule has 0 bridgehead atoms. The molecule has 0 saturated heterocycles. The van der Waals surface area contributed by atoms with Gasteiger partial charge in [0.05, 0.1) is 0 Å². The number of carbonyl (C=O) groups excluding carboxylic acids is 1. The number of urea groups is 1. The van der Waals surface area contributed by atoms with Gasteiger partial charge in [0.2, 0.25) is 0 Å². The first-order valence-corrected chi connectivity index (χ1v) is 6.09. The maximum Gasteiger partial charge on any atom is 0.323 e. The Kier molecular flexibility index (Phi) is 6.94. The normalized spacial score (nSPS) is 11.9. The van der Waals surface area contributed by atoms with Gasteiger partial charge in [0, 0.05) is 13.1 Å². The van der Waals surface area contributed by atoms with Gasteiger partial charge in [0.25, 0.3) is 0 Å². The number of nitrogens with zero attached hydrogens (tertiary/aromatic N) is 1. The minimum absolute atomic E-state index is 0.117. The third-order valence-electron chi connectivity index (χ3n) is 2.11. The number of nitrogens with one attached hydrogen (secondary N) is 1. The number of amides is 2. The first kappa shape index (κ1) is 14.1. The molecule has 0 radical (unpaired) electrons. The summed E-state index contributed by atoms with van der Waals surface area (Å²) >= 11 is 1.72. The van der Waals surface area contributed by atoms with E-state index in [1.54, 1.807) is 18.8 Å². The van der Waals surface area contributed by atoms with E-state index in [4.69, 9.17) is 5.11 Å². The van der Waals surface area contributed by atoms with Crippen LogP contribution in [0.3, 0.4) is 0 Å². The van der Waals surface area contributed by atoms with Gasteiger partial charge < -0.3 is 15.3 Å². The molecule has 2 amide bonds. The van der Waals surface area contributed by atoms with Crippen LogP contribution in [0.15, 0.2) is 0 Å². The van der Waals surface area contributed by atoms with E-state index < -0.39 is 5.97 Å². The van der Waals surface area contributed by atoms with E-state index in [1.807, 2.05) is 13.2 Å². The Bertz CT molecular complexity index is 223. The largest absolute Gasteiger partial charge is 0.480 e. The van der Waals surface area contributed by atoms with Gasteiger partial charge in [-0.1, -0.05) is 0 Å². The summed E-state index contributed by atoms with van der Waals surface area (Å²) in [5.74, 6) is -0.0499. The highest BCUT2D eigenvalue weighted by Gasteiger charge is 2.15. The third kappa shape index (κ3) is 6.22. The molecule has 0 aliphatic carbocycles. The van der Waals surface area contributed by atoms with Crippen molar-refractivity contribution in [2.75, 3.05) is 25.6 Å². The van der Waals surface area contributed by atoms with Gasteiger partial charge in [-0.25, -0.2) is 4.79 Å². The minimum atomic E-state index is -1.03. The first-order valence-electron chi connectivity index (χ1n) is 4.70. The fraction of sp³-hybridized carbons (Fsp3) is 0.778. The third-order valence-corrected chi connectivity index (χ3v) is 2.76. The van der Waals surface area contributed by atoms with Crippen molar-refractivity contribution in [1.82, 2.24) is 10.2 Å². The number of rotatable bonds is 6. The molecule has 5 nitrogen and oxygen atoms in total. The zero-order valence-electron chi connectivity index (χ0n) is 9.32. The molecule has 0 aromatic carbocycles. The lowest BCUT2D eigenvalue weighted by Gasteiger charge is -2.24. The van der Waals surface area contributed by atoms with Gasteiger partial charge in [-0.3, -0.25) is 4.79 Å².